The van der Waals surface area contributed by atoms with Crippen LogP contribution in [0.4, 0.5) is 0 Å². The Morgan fingerprint density at radius 2 is 2.00 bits per heavy atom. The third-order valence-electron chi connectivity index (χ3n) is 3.52. The predicted octanol–water partition coefficient (Wildman–Crippen LogP) is 3.50. The Bertz CT molecular complexity index is 782. The van der Waals surface area contributed by atoms with Crippen LogP contribution in [-0.4, -0.2) is 22.0 Å². The third-order valence-corrected chi connectivity index (χ3v) is 3.76. The summed E-state index contributed by atoms with van der Waals surface area (Å²) in [6.07, 6.45) is 6.05. The molecule has 0 unspecified atom stereocenters. The van der Waals surface area contributed by atoms with Gasteiger partial charge in [-0.15, -0.1) is 0 Å². The molecule has 0 aliphatic rings. The van der Waals surface area contributed by atoms with Crippen molar-refractivity contribution < 1.29 is 4.79 Å². The van der Waals surface area contributed by atoms with Gasteiger partial charge in [0.05, 0.1) is 6.33 Å². The Hall–Kier alpha value is -2.59. The molecule has 0 aliphatic carbocycles. The van der Waals surface area contributed by atoms with Gasteiger partial charge >= 0.3 is 0 Å². The molecule has 0 saturated carbocycles. The summed E-state index contributed by atoms with van der Waals surface area (Å²) in [5.74, 6) is -0.0794. The number of rotatable bonds is 5. The first-order chi connectivity index (χ1) is 11.2. The quantitative estimate of drug-likeness (QED) is 0.780. The van der Waals surface area contributed by atoms with Gasteiger partial charge in [-0.25, -0.2) is 4.98 Å². The lowest BCUT2D eigenvalue weighted by Gasteiger charge is -2.07. The number of imidazole rings is 1. The van der Waals surface area contributed by atoms with E-state index in [-0.39, 0.29) is 5.91 Å². The summed E-state index contributed by atoms with van der Waals surface area (Å²) in [5, 5.41) is 3.63. The summed E-state index contributed by atoms with van der Waals surface area (Å²) in [6, 6.07) is 15.1. The van der Waals surface area contributed by atoms with Gasteiger partial charge in [0.15, 0.2) is 0 Å². The summed E-state index contributed by atoms with van der Waals surface area (Å²) in [6.45, 7) is 0.572. The minimum Gasteiger partial charge on any atom is -0.352 e. The van der Waals surface area contributed by atoms with E-state index in [1.807, 2.05) is 59.3 Å². The Kier molecular flexibility index (Phi) is 4.74. The molecule has 0 radical (unpaired) electrons. The summed E-state index contributed by atoms with van der Waals surface area (Å²) in [7, 11) is 0. The van der Waals surface area contributed by atoms with Crippen molar-refractivity contribution >= 4 is 17.5 Å². The van der Waals surface area contributed by atoms with Gasteiger partial charge in [0, 0.05) is 35.2 Å². The number of aromatic nitrogens is 2. The number of carbonyl (C=O) groups excluding carboxylic acids is 1. The zero-order valence-corrected chi connectivity index (χ0v) is 13.2. The molecule has 0 bridgehead atoms. The second-order valence-corrected chi connectivity index (χ2v) is 5.59. The highest BCUT2D eigenvalue weighted by molar-refractivity contribution is 6.30. The average molecular weight is 326 g/mol. The highest BCUT2D eigenvalue weighted by Crippen LogP contribution is 2.11. The first-order valence-electron chi connectivity index (χ1n) is 7.33. The fourth-order valence-electron chi connectivity index (χ4n) is 2.31. The van der Waals surface area contributed by atoms with Crippen LogP contribution in [0.5, 0.6) is 0 Å². The number of carbonyl (C=O) groups is 1. The van der Waals surface area contributed by atoms with Crippen LogP contribution in [0.1, 0.15) is 15.9 Å². The fourth-order valence-corrected chi connectivity index (χ4v) is 2.52. The van der Waals surface area contributed by atoms with E-state index >= 15 is 0 Å². The molecule has 0 aliphatic heterocycles. The lowest BCUT2D eigenvalue weighted by Crippen LogP contribution is -2.25. The number of hydrogen-bond acceptors (Lipinski definition) is 2. The normalized spacial score (nSPS) is 10.5. The zero-order valence-electron chi connectivity index (χ0n) is 12.4. The monoisotopic (exact) mass is 325 g/mol. The second kappa shape index (κ2) is 7.11. The van der Waals surface area contributed by atoms with E-state index < -0.39 is 0 Å². The van der Waals surface area contributed by atoms with Gasteiger partial charge in [-0.2, -0.15) is 0 Å². The summed E-state index contributed by atoms with van der Waals surface area (Å²) >= 11 is 5.95. The van der Waals surface area contributed by atoms with E-state index in [9.17, 15) is 4.79 Å². The van der Waals surface area contributed by atoms with Crippen molar-refractivity contribution in [2.45, 2.75) is 6.42 Å². The molecule has 1 amide bonds. The van der Waals surface area contributed by atoms with Crippen LogP contribution in [0.25, 0.3) is 5.69 Å². The molecular formula is C18H16ClN3O. The molecule has 3 aromatic rings. The first-order valence-corrected chi connectivity index (χ1v) is 7.71. The van der Waals surface area contributed by atoms with Gasteiger partial charge < -0.3 is 9.88 Å². The molecule has 0 spiro atoms. The molecule has 4 nitrogen and oxygen atoms in total. The summed E-state index contributed by atoms with van der Waals surface area (Å²) in [5.41, 5.74) is 2.71. The Morgan fingerprint density at radius 3 is 2.70 bits per heavy atom. The molecule has 2 aromatic carbocycles. The molecule has 1 aromatic heterocycles. The zero-order chi connectivity index (χ0) is 16.1. The molecular weight excluding hydrogens is 310 g/mol. The fraction of sp³-hybridized carbons (Fsp3) is 0.111. The van der Waals surface area contributed by atoms with Crippen LogP contribution in [0, 0.1) is 0 Å². The molecule has 23 heavy (non-hydrogen) atoms. The van der Waals surface area contributed by atoms with Crippen molar-refractivity contribution in [3.05, 3.63) is 83.4 Å². The molecule has 1 N–H and O–H groups in total. The molecule has 0 saturated heterocycles. The molecule has 3 rings (SSSR count). The predicted molar refractivity (Wildman–Crippen MR) is 91.1 cm³/mol. The summed E-state index contributed by atoms with van der Waals surface area (Å²) < 4.78 is 1.89. The van der Waals surface area contributed by atoms with Gasteiger partial charge in [-0.3, -0.25) is 4.79 Å². The summed E-state index contributed by atoms with van der Waals surface area (Å²) in [4.78, 5) is 16.1. The largest absolute Gasteiger partial charge is 0.352 e. The minimum atomic E-state index is -0.0794. The van der Waals surface area contributed by atoms with Crippen molar-refractivity contribution in [3.8, 4) is 5.69 Å². The van der Waals surface area contributed by atoms with Gasteiger partial charge in [-0.05, 0) is 48.4 Å². The molecule has 5 heteroatoms. The van der Waals surface area contributed by atoms with Crippen molar-refractivity contribution in [2.24, 2.45) is 0 Å². The van der Waals surface area contributed by atoms with E-state index in [1.165, 1.54) is 0 Å². The van der Waals surface area contributed by atoms with E-state index in [2.05, 4.69) is 10.3 Å². The van der Waals surface area contributed by atoms with Crippen LogP contribution < -0.4 is 5.32 Å². The van der Waals surface area contributed by atoms with Crippen LogP contribution in [-0.2, 0) is 6.42 Å². The van der Waals surface area contributed by atoms with Crippen molar-refractivity contribution in [3.63, 3.8) is 0 Å². The maximum absolute atomic E-state index is 12.1. The van der Waals surface area contributed by atoms with Gasteiger partial charge in [0.25, 0.3) is 5.91 Å². The SMILES string of the molecule is O=C(NCCc1cccc(Cl)c1)c1ccc(-n2ccnc2)cc1. The standard InChI is InChI=1S/C18H16ClN3O/c19-16-3-1-2-14(12-16)8-9-21-18(23)15-4-6-17(7-5-15)22-11-10-20-13-22/h1-7,10-13H,8-9H2,(H,21,23). The molecule has 1 heterocycles. The topological polar surface area (TPSA) is 46.9 Å². The molecule has 0 fully saturated rings. The number of amides is 1. The molecule has 116 valence electrons. The van der Waals surface area contributed by atoms with Crippen LogP contribution in [0.15, 0.2) is 67.3 Å². The number of nitrogens with one attached hydrogen (secondary N) is 1. The van der Waals surface area contributed by atoms with E-state index in [0.717, 1.165) is 17.7 Å². The van der Waals surface area contributed by atoms with E-state index in [4.69, 9.17) is 11.6 Å². The van der Waals surface area contributed by atoms with Crippen molar-refractivity contribution in [1.29, 1.82) is 0 Å². The maximum Gasteiger partial charge on any atom is 0.251 e. The van der Waals surface area contributed by atoms with E-state index in [1.54, 1.807) is 12.5 Å². The Labute approximate surface area is 139 Å². The van der Waals surface area contributed by atoms with Gasteiger partial charge in [0.1, 0.15) is 0 Å². The van der Waals surface area contributed by atoms with Crippen molar-refractivity contribution in [2.75, 3.05) is 6.54 Å². The molecule has 0 atom stereocenters. The smallest absolute Gasteiger partial charge is 0.251 e. The average Bonchev–Trinajstić information content (AvgIpc) is 3.09. The van der Waals surface area contributed by atoms with Crippen LogP contribution in [0.2, 0.25) is 5.02 Å². The number of halogens is 1. The Morgan fingerprint density at radius 1 is 1.17 bits per heavy atom. The minimum absolute atomic E-state index is 0.0794. The Balaban J connectivity index is 1.56. The second-order valence-electron chi connectivity index (χ2n) is 5.15. The van der Waals surface area contributed by atoms with Gasteiger partial charge in [-0.1, -0.05) is 23.7 Å². The van der Waals surface area contributed by atoms with Crippen LogP contribution in [0.3, 0.4) is 0 Å². The maximum atomic E-state index is 12.1. The third kappa shape index (κ3) is 3.99. The lowest BCUT2D eigenvalue weighted by molar-refractivity contribution is 0.0954. The highest BCUT2D eigenvalue weighted by Gasteiger charge is 2.05. The van der Waals surface area contributed by atoms with Crippen LogP contribution >= 0.6 is 11.6 Å². The first kappa shape index (κ1) is 15.3. The van der Waals surface area contributed by atoms with Crippen molar-refractivity contribution in [1.82, 2.24) is 14.9 Å². The highest BCUT2D eigenvalue weighted by atomic mass is 35.5. The number of benzene rings is 2. The lowest BCUT2D eigenvalue weighted by atomic mass is 10.1. The number of hydrogen-bond donors (Lipinski definition) is 1. The van der Waals surface area contributed by atoms with Gasteiger partial charge in [0.2, 0.25) is 0 Å². The number of nitrogens with zero attached hydrogens (tertiary/aromatic N) is 2. The van der Waals surface area contributed by atoms with E-state index in [0.29, 0.717) is 17.1 Å².